The SMILES string of the molecule is Cc1cccc2sc(-c3cccc(F)c3)nc12. The highest BCUT2D eigenvalue weighted by Crippen LogP contribution is 2.31. The molecule has 0 saturated heterocycles. The van der Waals surface area contributed by atoms with Crippen LogP contribution in [0, 0.1) is 12.7 Å². The van der Waals surface area contributed by atoms with Crippen LogP contribution in [0.3, 0.4) is 0 Å². The molecule has 0 amide bonds. The topological polar surface area (TPSA) is 12.9 Å². The summed E-state index contributed by atoms with van der Waals surface area (Å²) in [6.45, 7) is 2.04. The van der Waals surface area contributed by atoms with Gasteiger partial charge in [0.05, 0.1) is 10.2 Å². The first-order valence-corrected chi connectivity index (χ1v) is 6.18. The number of benzene rings is 2. The van der Waals surface area contributed by atoms with Crippen molar-refractivity contribution in [2.45, 2.75) is 6.92 Å². The Bertz CT molecular complexity index is 688. The molecule has 2 aromatic carbocycles. The zero-order valence-corrected chi connectivity index (χ0v) is 10.1. The third-order valence-electron chi connectivity index (χ3n) is 2.69. The summed E-state index contributed by atoms with van der Waals surface area (Å²) in [6, 6.07) is 12.7. The van der Waals surface area contributed by atoms with Crippen LogP contribution in [0.1, 0.15) is 5.56 Å². The van der Waals surface area contributed by atoms with Crippen molar-refractivity contribution in [1.29, 1.82) is 0 Å². The molecule has 0 unspecified atom stereocenters. The van der Waals surface area contributed by atoms with Gasteiger partial charge in [-0.15, -0.1) is 11.3 Å². The lowest BCUT2D eigenvalue weighted by molar-refractivity contribution is 0.628. The van der Waals surface area contributed by atoms with E-state index in [1.807, 2.05) is 31.2 Å². The van der Waals surface area contributed by atoms with E-state index >= 15 is 0 Å². The molecule has 3 rings (SSSR count). The predicted octanol–water partition coefficient (Wildman–Crippen LogP) is 4.41. The van der Waals surface area contributed by atoms with Gasteiger partial charge < -0.3 is 0 Å². The summed E-state index contributed by atoms with van der Waals surface area (Å²) in [5.74, 6) is -0.224. The molecule has 0 aliphatic rings. The van der Waals surface area contributed by atoms with E-state index < -0.39 is 0 Å². The molecule has 0 atom stereocenters. The molecule has 0 spiro atoms. The van der Waals surface area contributed by atoms with Crippen LogP contribution in [0.4, 0.5) is 4.39 Å². The maximum absolute atomic E-state index is 13.2. The van der Waals surface area contributed by atoms with Crippen LogP contribution >= 0.6 is 11.3 Å². The first-order valence-electron chi connectivity index (χ1n) is 5.36. The molecule has 0 N–H and O–H groups in total. The largest absolute Gasteiger partial charge is 0.236 e. The maximum Gasteiger partial charge on any atom is 0.124 e. The Morgan fingerprint density at radius 1 is 1.12 bits per heavy atom. The normalized spacial score (nSPS) is 10.9. The molecule has 3 aromatic rings. The Labute approximate surface area is 103 Å². The number of fused-ring (bicyclic) bond motifs is 1. The summed E-state index contributed by atoms with van der Waals surface area (Å²) < 4.78 is 14.3. The summed E-state index contributed by atoms with van der Waals surface area (Å²) >= 11 is 1.60. The Morgan fingerprint density at radius 2 is 1.94 bits per heavy atom. The molecule has 17 heavy (non-hydrogen) atoms. The van der Waals surface area contributed by atoms with Crippen molar-refractivity contribution in [1.82, 2.24) is 4.98 Å². The van der Waals surface area contributed by atoms with E-state index in [1.54, 1.807) is 17.4 Å². The quantitative estimate of drug-likeness (QED) is 0.617. The summed E-state index contributed by atoms with van der Waals surface area (Å²) in [6.07, 6.45) is 0. The lowest BCUT2D eigenvalue weighted by atomic mass is 10.2. The van der Waals surface area contributed by atoms with E-state index in [1.165, 1.54) is 12.1 Å². The smallest absolute Gasteiger partial charge is 0.124 e. The van der Waals surface area contributed by atoms with Crippen molar-refractivity contribution >= 4 is 21.6 Å². The number of thiazole rings is 1. The minimum absolute atomic E-state index is 0.224. The molecule has 1 nitrogen and oxygen atoms in total. The van der Waals surface area contributed by atoms with Gasteiger partial charge in [0.1, 0.15) is 10.8 Å². The zero-order chi connectivity index (χ0) is 11.8. The fraction of sp³-hybridized carbons (Fsp3) is 0.0714. The Morgan fingerprint density at radius 3 is 2.71 bits per heavy atom. The van der Waals surface area contributed by atoms with E-state index in [2.05, 4.69) is 4.98 Å². The third-order valence-corrected chi connectivity index (χ3v) is 3.76. The molecule has 84 valence electrons. The second-order valence-corrected chi connectivity index (χ2v) is 4.98. The summed E-state index contributed by atoms with van der Waals surface area (Å²) in [4.78, 5) is 4.58. The van der Waals surface area contributed by atoms with Gasteiger partial charge >= 0.3 is 0 Å². The van der Waals surface area contributed by atoms with Gasteiger partial charge in [-0.3, -0.25) is 0 Å². The number of aryl methyl sites for hydroxylation is 1. The molecule has 0 radical (unpaired) electrons. The lowest BCUT2D eigenvalue weighted by Gasteiger charge is -1.94. The van der Waals surface area contributed by atoms with Gasteiger partial charge in [-0.25, -0.2) is 9.37 Å². The second-order valence-electron chi connectivity index (χ2n) is 3.95. The van der Waals surface area contributed by atoms with Gasteiger partial charge in [-0.1, -0.05) is 24.3 Å². The molecule has 1 aromatic heterocycles. The summed E-state index contributed by atoms with van der Waals surface area (Å²) in [5.41, 5.74) is 3.00. The zero-order valence-electron chi connectivity index (χ0n) is 9.27. The molecular weight excluding hydrogens is 233 g/mol. The fourth-order valence-corrected chi connectivity index (χ4v) is 2.87. The van der Waals surface area contributed by atoms with E-state index in [0.29, 0.717) is 0 Å². The Balaban J connectivity index is 2.22. The first kappa shape index (κ1) is 10.4. The van der Waals surface area contributed by atoms with Gasteiger partial charge in [0.15, 0.2) is 0 Å². The van der Waals surface area contributed by atoms with Gasteiger partial charge in [-0.2, -0.15) is 0 Å². The summed E-state index contributed by atoms with van der Waals surface area (Å²) in [7, 11) is 0. The van der Waals surface area contributed by atoms with Gasteiger partial charge in [0.2, 0.25) is 0 Å². The number of nitrogens with zero attached hydrogens (tertiary/aromatic N) is 1. The van der Waals surface area contributed by atoms with Crippen LogP contribution in [0.25, 0.3) is 20.8 Å². The van der Waals surface area contributed by atoms with E-state index in [4.69, 9.17) is 0 Å². The van der Waals surface area contributed by atoms with Crippen molar-refractivity contribution in [2.24, 2.45) is 0 Å². The van der Waals surface area contributed by atoms with E-state index in [9.17, 15) is 4.39 Å². The number of hydrogen-bond donors (Lipinski definition) is 0. The molecule has 1 heterocycles. The molecule has 0 bridgehead atoms. The van der Waals surface area contributed by atoms with Crippen LogP contribution in [0.15, 0.2) is 42.5 Å². The molecular formula is C14H10FNS. The van der Waals surface area contributed by atoms with Crippen molar-refractivity contribution in [3.63, 3.8) is 0 Å². The highest BCUT2D eigenvalue weighted by Gasteiger charge is 2.07. The molecule has 0 aliphatic carbocycles. The molecule has 0 saturated carbocycles. The fourth-order valence-electron chi connectivity index (χ4n) is 1.83. The average molecular weight is 243 g/mol. The first-order chi connectivity index (χ1) is 8.24. The average Bonchev–Trinajstić information content (AvgIpc) is 2.74. The monoisotopic (exact) mass is 243 g/mol. The van der Waals surface area contributed by atoms with Crippen molar-refractivity contribution in [3.8, 4) is 10.6 Å². The second kappa shape index (κ2) is 3.93. The Kier molecular flexibility index (Phi) is 2.41. The number of hydrogen-bond acceptors (Lipinski definition) is 2. The minimum Gasteiger partial charge on any atom is -0.236 e. The van der Waals surface area contributed by atoms with Crippen LogP contribution in [-0.2, 0) is 0 Å². The highest BCUT2D eigenvalue weighted by molar-refractivity contribution is 7.21. The van der Waals surface area contributed by atoms with Crippen molar-refractivity contribution < 1.29 is 4.39 Å². The molecule has 3 heteroatoms. The third kappa shape index (κ3) is 1.83. The molecule has 0 aliphatic heterocycles. The Hall–Kier alpha value is -1.74. The maximum atomic E-state index is 13.2. The van der Waals surface area contributed by atoms with Crippen LogP contribution in [0.5, 0.6) is 0 Å². The lowest BCUT2D eigenvalue weighted by Crippen LogP contribution is -1.79. The van der Waals surface area contributed by atoms with Gasteiger partial charge in [0.25, 0.3) is 0 Å². The number of rotatable bonds is 1. The minimum atomic E-state index is -0.224. The summed E-state index contributed by atoms with van der Waals surface area (Å²) in [5, 5.41) is 0.869. The number of halogens is 1. The van der Waals surface area contributed by atoms with E-state index in [-0.39, 0.29) is 5.82 Å². The van der Waals surface area contributed by atoms with Crippen molar-refractivity contribution in [2.75, 3.05) is 0 Å². The standard InChI is InChI=1S/C14H10FNS/c1-9-4-2-7-12-13(9)16-14(17-12)10-5-3-6-11(15)8-10/h2-8H,1H3. The highest BCUT2D eigenvalue weighted by atomic mass is 32.1. The van der Waals surface area contributed by atoms with Gasteiger partial charge in [-0.05, 0) is 30.7 Å². The van der Waals surface area contributed by atoms with Crippen LogP contribution in [0.2, 0.25) is 0 Å². The number of aromatic nitrogens is 1. The van der Waals surface area contributed by atoms with Crippen molar-refractivity contribution in [3.05, 3.63) is 53.8 Å². The van der Waals surface area contributed by atoms with E-state index in [0.717, 1.165) is 26.4 Å². The number of para-hydroxylation sites is 1. The van der Waals surface area contributed by atoms with Crippen LogP contribution < -0.4 is 0 Å². The molecule has 0 fully saturated rings. The predicted molar refractivity (Wildman–Crippen MR) is 69.8 cm³/mol. The van der Waals surface area contributed by atoms with Crippen LogP contribution in [-0.4, -0.2) is 4.98 Å². The van der Waals surface area contributed by atoms with Gasteiger partial charge in [0, 0.05) is 5.56 Å².